The van der Waals surface area contributed by atoms with Gasteiger partial charge in [0.2, 0.25) is 0 Å². The Bertz CT molecular complexity index is 389. The molecule has 0 amide bonds. The van der Waals surface area contributed by atoms with Gasteiger partial charge in [-0.05, 0) is 31.5 Å². The molecule has 0 spiro atoms. The van der Waals surface area contributed by atoms with E-state index in [0.29, 0.717) is 11.8 Å². The molecule has 1 atom stereocenters. The van der Waals surface area contributed by atoms with Crippen LogP contribution in [0.5, 0.6) is 5.75 Å². The van der Waals surface area contributed by atoms with E-state index in [9.17, 15) is 10.1 Å². The molecule has 1 aromatic carbocycles. The number of nitrogens with one attached hydrogen (secondary N) is 1. The van der Waals surface area contributed by atoms with Gasteiger partial charge in [-0.25, -0.2) is 0 Å². The topological polar surface area (TPSA) is 64.4 Å². The maximum absolute atomic E-state index is 10.7. The fourth-order valence-corrected chi connectivity index (χ4v) is 1.73. The second-order valence-corrected chi connectivity index (χ2v) is 3.86. The monoisotopic (exact) mass is 238 g/mol. The smallest absolute Gasteiger partial charge is 0.310 e. The summed E-state index contributed by atoms with van der Waals surface area (Å²) >= 11 is 0. The van der Waals surface area contributed by atoms with E-state index < -0.39 is 4.92 Å². The van der Waals surface area contributed by atoms with Crippen LogP contribution < -0.4 is 10.1 Å². The molecule has 0 saturated heterocycles. The van der Waals surface area contributed by atoms with Gasteiger partial charge in [0.1, 0.15) is 0 Å². The van der Waals surface area contributed by atoms with E-state index in [1.165, 1.54) is 13.2 Å². The van der Waals surface area contributed by atoms with Gasteiger partial charge in [0, 0.05) is 12.1 Å². The third-order valence-corrected chi connectivity index (χ3v) is 2.82. The van der Waals surface area contributed by atoms with Crippen molar-refractivity contribution in [2.45, 2.75) is 25.8 Å². The molecule has 0 radical (unpaired) electrons. The highest BCUT2D eigenvalue weighted by Crippen LogP contribution is 2.28. The number of hydrogen-bond acceptors (Lipinski definition) is 4. The molecular weight excluding hydrogens is 220 g/mol. The summed E-state index contributed by atoms with van der Waals surface area (Å²) < 4.78 is 5.03. The molecule has 94 valence electrons. The van der Waals surface area contributed by atoms with Gasteiger partial charge in [-0.15, -0.1) is 0 Å². The highest BCUT2D eigenvalue weighted by Gasteiger charge is 2.15. The number of nitrogens with zero attached hydrogens (tertiary/aromatic N) is 1. The van der Waals surface area contributed by atoms with Crippen molar-refractivity contribution in [1.29, 1.82) is 0 Å². The Morgan fingerprint density at radius 3 is 2.71 bits per heavy atom. The quantitative estimate of drug-likeness (QED) is 0.609. The van der Waals surface area contributed by atoms with Crippen LogP contribution >= 0.6 is 0 Å². The Morgan fingerprint density at radius 2 is 2.24 bits per heavy atom. The van der Waals surface area contributed by atoms with Crippen molar-refractivity contribution in [2.75, 3.05) is 14.2 Å². The molecule has 0 saturated carbocycles. The third kappa shape index (κ3) is 3.42. The summed E-state index contributed by atoms with van der Waals surface area (Å²) in [5, 5.41) is 13.9. The minimum absolute atomic E-state index is 0.00811. The van der Waals surface area contributed by atoms with Gasteiger partial charge in [0.15, 0.2) is 5.75 Å². The van der Waals surface area contributed by atoms with Gasteiger partial charge < -0.3 is 10.1 Å². The third-order valence-electron chi connectivity index (χ3n) is 2.82. The molecule has 0 fully saturated rings. The predicted molar refractivity (Wildman–Crippen MR) is 66.5 cm³/mol. The summed E-state index contributed by atoms with van der Waals surface area (Å²) in [5.41, 5.74) is 1.04. The van der Waals surface area contributed by atoms with Crippen molar-refractivity contribution in [3.63, 3.8) is 0 Å². The number of ether oxygens (including phenoxy) is 1. The Morgan fingerprint density at radius 1 is 1.53 bits per heavy atom. The summed E-state index contributed by atoms with van der Waals surface area (Å²) in [6, 6.07) is 5.39. The number of methoxy groups -OCH3 is 1. The SMILES string of the molecule is CCC(Cc1ccc([N+](=O)[O-])c(OC)c1)NC. The summed E-state index contributed by atoms with van der Waals surface area (Å²) in [6.45, 7) is 2.10. The highest BCUT2D eigenvalue weighted by molar-refractivity contribution is 5.48. The van der Waals surface area contributed by atoms with Crippen LogP contribution in [0, 0.1) is 10.1 Å². The van der Waals surface area contributed by atoms with Crippen molar-refractivity contribution in [1.82, 2.24) is 5.32 Å². The molecule has 17 heavy (non-hydrogen) atoms. The zero-order valence-corrected chi connectivity index (χ0v) is 10.4. The molecule has 0 aromatic heterocycles. The zero-order chi connectivity index (χ0) is 12.8. The predicted octanol–water partition coefficient (Wildman–Crippen LogP) is 2.14. The minimum atomic E-state index is -0.433. The summed E-state index contributed by atoms with van der Waals surface area (Å²) in [5.74, 6) is 0.318. The van der Waals surface area contributed by atoms with Crippen LogP contribution in [-0.4, -0.2) is 25.1 Å². The molecule has 0 aliphatic rings. The molecule has 1 N–H and O–H groups in total. The van der Waals surface area contributed by atoms with Crippen molar-refractivity contribution in [2.24, 2.45) is 0 Å². The van der Waals surface area contributed by atoms with Crippen LogP contribution in [0.15, 0.2) is 18.2 Å². The first-order valence-corrected chi connectivity index (χ1v) is 5.60. The molecule has 1 aromatic rings. The van der Waals surface area contributed by atoms with Gasteiger partial charge in [0.25, 0.3) is 0 Å². The summed E-state index contributed by atoms with van der Waals surface area (Å²) in [6.07, 6.45) is 1.84. The summed E-state index contributed by atoms with van der Waals surface area (Å²) in [4.78, 5) is 10.3. The van der Waals surface area contributed by atoms with Gasteiger partial charge in [0.05, 0.1) is 12.0 Å². The molecule has 0 aliphatic carbocycles. The van der Waals surface area contributed by atoms with Crippen molar-refractivity contribution in [3.8, 4) is 5.75 Å². The number of nitro benzene ring substituents is 1. The minimum Gasteiger partial charge on any atom is -0.490 e. The van der Waals surface area contributed by atoms with Crippen LogP contribution in [0.3, 0.4) is 0 Å². The first-order chi connectivity index (χ1) is 8.12. The average molecular weight is 238 g/mol. The number of rotatable bonds is 6. The van der Waals surface area contributed by atoms with Crippen molar-refractivity contribution in [3.05, 3.63) is 33.9 Å². The zero-order valence-electron chi connectivity index (χ0n) is 10.4. The van der Waals surface area contributed by atoms with Gasteiger partial charge >= 0.3 is 5.69 Å². The number of nitro groups is 1. The molecule has 1 rings (SSSR count). The van der Waals surface area contributed by atoms with Crippen LogP contribution in [0.4, 0.5) is 5.69 Å². The average Bonchev–Trinajstić information content (AvgIpc) is 2.35. The maximum atomic E-state index is 10.7. The first-order valence-electron chi connectivity index (χ1n) is 5.60. The van der Waals surface area contributed by atoms with Crippen LogP contribution in [-0.2, 0) is 6.42 Å². The summed E-state index contributed by atoms with van der Waals surface area (Å²) in [7, 11) is 3.36. The Kier molecular flexibility index (Phi) is 4.90. The Hall–Kier alpha value is -1.62. The lowest BCUT2D eigenvalue weighted by Gasteiger charge is -2.14. The standard InChI is InChI=1S/C12H18N2O3/c1-4-10(13-2)7-9-5-6-11(14(15)16)12(8-9)17-3/h5-6,8,10,13H,4,7H2,1-3H3. The van der Waals surface area contributed by atoms with E-state index in [4.69, 9.17) is 4.74 Å². The number of hydrogen-bond donors (Lipinski definition) is 1. The van der Waals surface area contributed by atoms with Crippen LogP contribution in [0.25, 0.3) is 0 Å². The number of likely N-dealkylation sites (N-methyl/N-ethyl adjacent to an activating group) is 1. The van der Waals surface area contributed by atoms with E-state index >= 15 is 0 Å². The normalized spacial score (nSPS) is 12.2. The van der Waals surface area contributed by atoms with Crippen LogP contribution in [0.2, 0.25) is 0 Å². The maximum Gasteiger partial charge on any atom is 0.310 e. The molecule has 0 heterocycles. The highest BCUT2D eigenvalue weighted by atomic mass is 16.6. The van der Waals surface area contributed by atoms with E-state index in [2.05, 4.69) is 12.2 Å². The molecule has 0 bridgehead atoms. The lowest BCUT2D eigenvalue weighted by atomic mass is 10.0. The van der Waals surface area contributed by atoms with Crippen molar-refractivity contribution >= 4 is 5.69 Å². The largest absolute Gasteiger partial charge is 0.490 e. The second kappa shape index (κ2) is 6.20. The lowest BCUT2D eigenvalue weighted by Crippen LogP contribution is -2.26. The molecule has 5 nitrogen and oxygen atoms in total. The molecule has 1 unspecified atom stereocenters. The van der Waals surface area contributed by atoms with E-state index in [1.807, 2.05) is 7.05 Å². The fourth-order valence-electron chi connectivity index (χ4n) is 1.73. The van der Waals surface area contributed by atoms with E-state index in [0.717, 1.165) is 18.4 Å². The van der Waals surface area contributed by atoms with Gasteiger partial charge in [-0.1, -0.05) is 13.0 Å². The van der Waals surface area contributed by atoms with Crippen LogP contribution in [0.1, 0.15) is 18.9 Å². The molecule has 0 aliphatic heterocycles. The lowest BCUT2D eigenvalue weighted by molar-refractivity contribution is -0.385. The van der Waals surface area contributed by atoms with Gasteiger partial charge in [-0.2, -0.15) is 0 Å². The molecular formula is C12H18N2O3. The van der Waals surface area contributed by atoms with Gasteiger partial charge in [-0.3, -0.25) is 10.1 Å². The Balaban J connectivity index is 2.93. The molecule has 5 heteroatoms. The van der Waals surface area contributed by atoms with Crippen molar-refractivity contribution < 1.29 is 9.66 Å². The second-order valence-electron chi connectivity index (χ2n) is 3.86. The fraction of sp³-hybridized carbons (Fsp3) is 0.500. The Labute approximate surface area is 101 Å². The number of benzene rings is 1. The van der Waals surface area contributed by atoms with E-state index in [1.54, 1.807) is 12.1 Å². The van der Waals surface area contributed by atoms with E-state index in [-0.39, 0.29) is 5.69 Å². The first kappa shape index (κ1) is 13.4.